The summed E-state index contributed by atoms with van der Waals surface area (Å²) in [5, 5.41) is 3.51. The third-order valence-corrected chi connectivity index (χ3v) is 4.52. The van der Waals surface area contributed by atoms with Crippen molar-refractivity contribution in [2.75, 3.05) is 12.4 Å². The van der Waals surface area contributed by atoms with Gasteiger partial charge < -0.3 is 10.1 Å². The summed E-state index contributed by atoms with van der Waals surface area (Å²) in [6.45, 7) is 2.21. The van der Waals surface area contributed by atoms with Crippen LogP contribution in [-0.2, 0) is 6.42 Å². The summed E-state index contributed by atoms with van der Waals surface area (Å²) in [6.07, 6.45) is 2.92. The molecule has 1 aromatic heterocycles. The molecule has 0 saturated heterocycles. The Labute approximate surface area is 142 Å². The van der Waals surface area contributed by atoms with E-state index in [1.807, 2.05) is 24.4 Å². The Morgan fingerprint density at radius 2 is 1.83 bits per heavy atom. The van der Waals surface area contributed by atoms with Gasteiger partial charge in [0.15, 0.2) is 0 Å². The second-order valence-electron chi connectivity index (χ2n) is 6.25. The second kappa shape index (κ2) is 6.00. The third-order valence-electron chi connectivity index (χ3n) is 4.52. The first kappa shape index (κ1) is 14.8. The number of fused-ring (bicyclic) bond motifs is 1. The maximum atomic E-state index is 5.25. The molecule has 4 rings (SSSR count). The number of benzene rings is 2. The molecule has 24 heavy (non-hydrogen) atoms. The van der Waals surface area contributed by atoms with Crippen molar-refractivity contribution in [1.82, 2.24) is 4.98 Å². The van der Waals surface area contributed by atoms with Gasteiger partial charge in [0.1, 0.15) is 5.75 Å². The van der Waals surface area contributed by atoms with Gasteiger partial charge >= 0.3 is 0 Å². The predicted molar refractivity (Wildman–Crippen MR) is 98.4 cm³/mol. The number of pyridine rings is 1. The quantitative estimate of drug-likeness (QED) is 0.755. The highest BCUT2D eigenvalue weighted by atomic mass is 16.5. The first-order valence-corrected chi connectivity index (χ1v) is 8.24. The zero-order valence-corrected chi connectivity index (χ0v) is 13.9. The molecule has 3 nitrogen and oxygen atoms in total. The Hall–Kier alpha value is -2.81. The zero-order valence-electron chi connectivity index (χ0n) is 13.9. The normalized spacial score (nSPS) is 15.7. The Kier molecular flexibility index (Phi) is 3.69. The van der Waals surface area contributed by atoms with E-state index in [1.165, 1.54) is 16.8 Å². The summed E-state index contributed by atoms with van der Waals surface area (Å²) in [7, 11) is 1.68. The number of anilines is 1. The second-order valence-corrected chi connectivity index (χ2v) is 6.25. The smallest absolute Gasteiger partial charge is 0.118 e. The van der Waals surface area contributed by atoms with Crippen molar-refractivity contribution in [3.63, 3.8) is 0 Å². The Balaban J connectivity index is 1.78. The number of aromatic nitrogens is 1. The first-order valence-electron chi connectivity index (χ1n) is 8.24. The van der Waals surface area contributed by atoms with Gasteiger partial charge in [-0.15, -0.1) is 0 Å². The fraction of sp³-hybridized carbons (Fsp3) is 0.190. The highest BCUT2D eigenvalue weighted by molar-refractivity contribution is 5.82. The number of methoxy groups -OCH3 is 1. The van der Waals surface area contributed by atoms with Gasteiger partial charge in [0.05, 0.1) is 12.8 Å². The van der Waals surface area contributed by atoms with Gasteiger partial charge in [-0.25, -0.2) is 0 Å². The highest BCUT2D eigenvalue weighted by Gasteiger charge is 2.18. The lowest BCUT2D eigenvalue weighted by Crippen LogP contribution is -2.08. The number of rotatable bonds is 3. The van der Waals surface area contributed by atoms with E-state index in [0.29, 0.717) is 6.04 Å². The summed E-state index contributed by atoms with van der Waals surface area (Å²) in [5.41, 5.74) is 7.09. The summed E-state index contributed by atoms with van der Waals surface area (Å²) < 4.78 is 5.25. The molecule has 1 aliphatic rings. The van der Waals surface area contributed by atoms with Crippen LogP contribution in [0.5, 0.6) is 5.75 Å². The zero-order chi connectivity index (χ0) is 16.5. The van der Waals surface area contributed by atoms with Gasteiger partial charge in [-0.3, -0.25) is 4.98 Å². The maximum absolute atomic E-state index is 5.25. The molecule has 1 unspecified atom stereocenters. The average Bonchev–Trinajstić information content (AvgIpc) is 3.01. The highest BCUT2D eigenvalue weighted by Crippen LogP contribution is 2.35. The number of nitrogens with one attached hydrogen (secondary N) is 1. The van der Waals surface area contributed by atoms with E-state index in [9.17, 15) is 0 Å². The minimum absolute atomic E-state index is 0.505. The van der Waals surface area contributed by atoms with Crippen LogP contribution in [-0.4, -0.2) is 18.1 Å². The molecule has 120 valence electrons. The minimum atomic E-state index is 0.505. The molecule has 0 saturated carbocycles. The van der Waals surface area contributed by atoms with Crippen LogP contribution in [0.25, 0.3) is 22.4 Å². The first-order chi connectivity index (χ1) is 11.7. The van der Waals surface area contributed by atoms with Crippen molar-refractivity contribution in [1.29, 1.82) is 0 Å². The van der Waals surface area contributed by atoms with E-state index >= 15 is 0 Å². The topological polar surface area (TPSA) is 34.1 Å². The van der Waals surface area contributed by atoms with Crippen molar-refractivity contribution in [2.45, 2.75) is 19.4 Å². The van der Waals surface area contributed by atoms with Gasteiger partial charge in [0.2, 0.25) is 0 Å². The molecule has 2 heterocycles. The van der Waals surface area contributed by atoms with Gasteiger partial charge in [0, 0.05) is 29.1 Å². The predicted octanol–water partition coefficient (Wildman–Crippen LogP) is 4.78. The average molecular weight is 316 g/mol. The molecule has 0 spiro atoms. The molecule has 1 N–H and O–H groups in total. The molecular weight excluding hydrogens is 296 g/mol. The van der Waals surface area contributed by atoms with Crippen molar-refractivity contribution >= 4 is 5.69 Å². The molecule has 0 radical (unpaired) electrons. The number of ether oxygens (including phenoxy) is 1. The Morgan fingerprint density at radius 3 is 2.62 bits per heavy atom. The minimum Gasteiger partial charge on any atom is -0.497 e. The lowest BCUT2D eigenvalue weighted by Gasteiger charge is -2.11. The molecule has 0 bridgehead atoms. The van der Waals surface area contributed by atoms with Crippen LogP contribution in [0.4, 0.5) is 5.69 Å². The van der Waals surface area contributed by atoms with Crippen LogP contribution in [0, 0.1) is 0 Å². The summed E-state index contributed by atoms with van der Waals surface area (Å²) >= 11 is 0. The van der Waals surface area contributed by atoms with Crippen molar-refractivity contribution in [3.8, 4) is 28.1 Å². The maximum Gasteiger partial charge on any atom is 0.118 e. The summed E-state index contributed by atoms with van der Waals surface area (Å²) in [6, 6.07) is 19.3. The van der Waals surface area contributed by atoms with Crippen LogP contribution >= 0.6 is 0 Å². The molecule has 3 heteroatoms. The monoisotopic (exact) mass is 316 g/mol. The van der Waals surface area contributed by atoms with Crippen molar-refractivity contribution in [2.24, 2.45) is 0 Å². The molecule has 1 atom stereocenters. The Morgan fingerprint density at radius 1 is 1.04 bits per heavy atom. The number of nitrogens with zero attached hydrogens (tertiary/aromatic N) is 1. The van der Waals surface area contributed by atoms with Crippen molar-refractivity contribution in [3.05, 3.63) is 66.4 Å². The van der Waals surface area contributed by atoms with Gasteiger partial charge in [-0.1, -0.05) is 12.1 Å². The SMILES string of the molecule is COc1ccc(-c2ncccc2-c2ccc3c(c2)CC(C)N3)cc1. The van der Waals surface area contributed by atoms with Crippen LogP contribution in [0.3, 0.4) is 0 Å². The summed E-state index contributed by atoms with van der Waals surface area (Å²) in [5.74, 6) is 0.855. The lowest BCUT2D eigenvalue weighted by molar-refractivity contribution is 0.415. The van der Waals surface area contributed by atoms with Gasteiger partial charge in [-0.05, 0) is 66.9 Å². The van der Waals surface area contributed by atoms with E-state index < -0.39 is 0 Å². The number of hydrogen-bond acceptors (Lipinski definition) is 3. The standard InChI is InChI=1S/C21H20N2O/c1-14-12-17-13-16(7-10-20(17)23-14)19-4-3-11-22-21(19)15-5-8-18(24-2)9-6-15/h3-11,13-14,23H,12H2,1-2H3. The molecule has 2 aromatic carbocycles. The van der Waals surface area contributed by atoms with E-state index in [2.05, 4.69) is 53.6 Å². The third kappa shape index (κ3) is 2.62. The van der Waals surface area contributed by atoms with E-state index in [4.69, 9.17) is 4.74 Å². The van der Waals surface area contributed by atoms with Crippen molar-refractivity contribution < 1.29 is 4.74 Å². The van der Waals surface area contributed by atoms with E-state index in [-0.39, 0.29) is 0 Å². The lowest BCUT2D eigenvalue weighted by atomic mass is 9.97. The van der Waals surface area contributed by atoms with Crippen LogP contribution < -0.4 is 10.1 Å². The van der Waals surface area contributed by atoms with Gasteiger partial charge in [-0.2, -0.15) is 0 Å². The Bertz CT molecular complexity index is 871. The molecule has 1 aliphatic heterocycles. The molecule has 3 aromatic rings. The van der Waals surface area contributed by atoms with Crippen LogP contribution in [0.1, 0.15) is 12.5 Å². The molecule has 0 fully saturated rings. The number of hydrogen-bond donors (Lipinski definition) is 1. The van der Waals surface area contributed by atoms with Crippen LogP contribution in [0.2, 0.25) is 0 Å². The van der Waals surface area contributed by atoms with E-state index in [1.54, 1.807) is 7.11 Å². The molecular formula is C21H20N2O. The fourth-order valence-corrected chi connectivity index (χ4v) is 3.33. The largest absolute Gasteiger partial charge is 0.497 e. The van der Waals surface area contributed by atoms with E-state index in [0.717, 1.165) is 29.0 Å². The summed E-state index contributed by atoms with van der Waals surface area (Å²) in [4.78, 5) is 4.63. The molecule has 0 aliphatic carbocycles. The van der Waals surface area contributed by atoms with Gasteiger partial charge in [0.25, 0.3) is 0 Å². The molecule has 0 amide bonds. The van der Waals surface area contributed by atoms with Crippen LogP contribution in [0.15, 0.2) is 60.8 Å². The fourth-order valence-electron chi connectivity index (χ4n) is 3.33.